The molecule has 5 aromatic rings. The summed E-state index contributed by atoms with van der Waals surface area (Å²) in [5, 5.41) is 1.80. The predicted molar refractivity (Wildman–Crippen MR) is 120 cm³/mol. The second kappa shape index (κ2) is 6.78. The summed E-state index contributed by atoms with van der Waals surface area (Å²) in [4.78, 5) is 30.3. The van der Waals surface area contributed by atoms with Crippen LogP contribution in [0.15, 0.2) is 82.8 Å². The van der Waals surface area contributed by atoms with Gasteiger partial charge in [0.1, 0.15) is 28.4 Å². The maximum absolute atomic E-state index is 13.1. The molecule has 1 aliphatic rings. The fourth-order valence-electron chi connectivity index (χ4n) is 4.05. The molecule has 0 spiro atoms. The van der Waals surface area contributed by atoms with E-state index in [0.717, 1.165) is 27.7 Å². The number of fused-ring (bicyclic) bond motifs is 3. The summed E-state index contributed by atoms with van der Waals surface area (Å²) in [5.74, 6) is 0.320. The number of esters is 1. The zero-order chi connectivity index (χ0) is 21.8. The summed E-state index contributed by atoms with van der Waals surface area (Å²) in [5.41, 5.74) is 2.45. The molecule has 0 unspecified atom stereocenters. The number of aromatic nitrogens is 2. The van der Waals surface area contributed by atoms with Crippen molar-refractivity contribution in [3.63, 3.8) is 0 Å². The van der Waals surface area contributed by atoms with Crippen molar-refractivity contribution in [2.24, 2.45) is 7.05 Å². The minimum atomic E-state index is -0.698. The molecule has 2 aromatic heterocycles. The molecule has 0 saturated carbocycles. The number of imidazole rings is 1. The summed E-state index contributed by atoms with van der Waals surface area (Å²) in [6, 6.07) is 22.6. The normalized spacial score (nSPS) is 14.8. The van der Waals surface area contributed by atoms with Crippen molar-refractivity contribution in [2.75, 3.05) is 0 Å². The van der Waals surface area contributed by atoms with Gasteiger partial charge in [-0.25, -0.2) is 4.79 Å². The van der Waals surface area contributed by atoms with Gasteiger partial charge in [-0.15, -0.1) is 0 Å². The quantitative estimate of drug-likeness (QED) is 0.170. The Morgan fingerprint density at radius 1 is 0.906 bits per heavy atom. The van der Waals surface area contributed by atoms with Crippen molar-refractivity contribution < 1.29 is 18.7 Å². The molecule has 6 nitrogen and oxygen atoms in total. The summed E-state index contributed by atoms with van der Waals surface area (Å²) in [7, 11) is 1.89. The van der Waals surface area contributed by atoms with Gasteiger partial charge in [0.2, 0.25) is 11.5 Å². The molecule has 3 aromatic carbocycles. The SMILES string of the molecule is Cn1c(-c2ccccc2)nc2oc(/C=C3\C(=O)Oc4cc5ccccc5cc4C3=O)cc21. The van der Waals surface area contributed by atoms with E-state index < -0.39 is 5.97 Å². The van der Waals surface area contributed by atoms with E-state index in [1.165, 1.54) is 6.08 Å². The van der Waals surface area contributed by atoms with Crippen molar-refractivity contribution >= 4 is 39.8 Å². The van der Waals surface area contributed by atoms with Gasteiger partial charge in [-0.05, 0) is 29.0 Å². The molecule has 6 rings (SSSR count). The molecule has 0 saturated heterocycles. The van der Waals surface area contributed by atoms with Crippen molar-refractivity contribution in [3.8, 4) is 17.1 Å². The van der Waals surface area contributed by atoms with Gasteiger partial charge in [-0.2, -0.15) is 4.98 Å². The zero-order valence-electron chi connectivity index (χ0n) is 17.0. The maximum Gasteiger partial charge on any atom is 0.347 e. The molecule has 0 bridgehead atoms. The first kappa shape index (κ1) is 18.3. The third-order valence-corrected chi connectivity index (χ3v) is 5.68. The van der Waals surface area contributed by atoms with Crippen LogP contribution in [0.2, 0.25) is 0 Å². The Morgan fingerprint density at radius 3 is 2.38 bits per heavy atom. The lowest BCUT2D eigenvalue weighted by atomic mass is 9.96. The smallest absolute Gasteiger partial charge is 0.347 e. The highest BCUT2D eigenvalue weighted by molar-refractivity contribution is 6.30. The number of Topliss-reactive ketones (excluding diaryl/α,β-unsaturated/α-hetero) is 1. The number of benzene rings is 3. The highest BCUT2D eigenvalue weighted by Gasteiger charge is 2.31. The average molecular weight is 420 g/mol. The molecule has 0 aliphatic carbocycles. The molecular weight excluding hydrogens is 404 g/mol. The number of nitrogens with zero attached hydrogens (tertiary/aromatic N) is 2. The molecule has 3 heterocycles. The van der Waals surface area contributed by atoms with Crippen LogP contribution < -0.4 is 4.74 Å². The summed E-state index contributed by atoms with van der Waals surface area (Å²) >= 11 is 0. The molecule has 0 amide bonds. The minimum Gasteiger partial charge on any atom is -0.437 e. The van der Waals surface area contributed by atoms with E-state index in [1.807, 2.05) is 66.2 Å². The van der Waals surface area contributed by atoms with Crippen LogP contribution in [0.3, 0.4) is 0 Å². The van der Waals surface area contributed by atoms with E-state index in [4.69, 9.17) is 9.15 Å². The number of ether oxygens (including phenoxy) is 1. The predicted octanol–water partition coefficient (Wildman–Crippen LogP) is 5.17. The van der Waals surface area contributed by atoms with E-state index >= 15 is 0 Å². The lowest BCUT2D eigenvalue weighted by Gasteiger charge is -2.17. The Labute approximate surface area is 182 Å². The highest BCUT2D eigenvalue weighted by Crippen LogP contribution is 2.34. The maximum atomic E-state index is 13.1. The fraction of sp³-hybridized carbons (Fsp3) is 0.0385. The second-order valence-electron chi connectivity index (χ2n) is 7.67. The lowest BCUT2D eigenvalue weighted by Crippen LogP contribution is -2.25. The van der Waals surface area contributed by atoms with Gasteiger partial charge in [-0.1, -0.05) is 54.6 Å². The first-order chi connectivity index (χ1) is 15.6. The summed E-state index contributed by atoms with van der Waals surface area (Å²) in [6.07, 6.45) is 1.42. The second-order valence-corrected chi connectivity index (χ2v) is 7.67. The lowest BCUT2D eigenvalue weighted by molar-refractivity contribution is -0.130. The summed E-state index contributed by atoms with van der Waals surface area (Å²) in [6.45, 7) is 0. The van der Waals surface area contributed by atoms with Crippen LogP contribution in [0.5, 0.6) is 5.75 Å². The van der Waals surface area contributed by atoms with Crippen LogP contribution in [-0.2, 0) is 11.8 Å². The van der Waals surface area contributed by atoms with E-state index in [-0.39, 0.29) is 17.1 Å². The average Bonchev–Trinajstić information content (AvgIpc) is 3.34. The van der Waals surface area contributed by atoms with E-state index in [0.29, 0.717) is 17.0 Å². The Morgan fingerprint density at radius 2 is 1.62 bits per heavy atom. The molecule has 0 fully saturated rings. The van der Waals surface area contributed by atoms with Crippen LogP contribution in [0.1, 0.15) is 16.1 Å². The van der Waals surface area contributed by atoms with Crippen LogP contribution in [0.4, 0.5) is 0 Å². The van der Waals surface area contributed by atoms with Crippen molar-refractivity contribution in [2.45, 2.75) is 0 Å². The van der Waals surface area contributed by atoms with Crippen LogP contribution in [-0.4, -0.2) is 21.3 Å². The fourth-order valence-corrected chi connectivity index (χ4v) is 4.05. The van der Waals surface area contributed by atoms with E-state index in [9.17, 15) is 9.59 Å². The molecule has 0 radical (unpaired) electrons. The number of hydrogen-bond donors (Lipinski definition) is 0. The third-order valence-electron chi connectivity index (χ3n) is 5.68. The molecule has 6 heteroatoms. The monoisotopic (exact) mass is 420 g/mol. The number of aryl methyl sites for hydroxylation is 1. The molecule has 154 valence electrons. The number of hydrogen-bond acceptors (Lipinski definition) is 5. The summed E-state index contributed by atoms with van der Waals surface area (Å²) < 4.78 is 13.2. The van der Waals surface area contributed by atoms with Gasteiger partial charge in [0.25, 0.3) is 0 Å². The Hall–Kier alpha value is -4.45. The van der Waals surface area contributed by atoms with Gasteiger partial charge in [0.15, 0.2) is 0 Å². The number of ketones is 1. The molecular formula is C26H16N2O4. The van der Waals surface area contributed by atoms with Crippen molar-refractivity contribution in [3.05, 3.63) is 89.7 Å². The topological polar surface area (TPSA) is 74.3 Å². The standard InChI is InChI=1S/C26H16N2O4/c1-28-21-14-18(31-25(21)27-24(28)15-7-3-2-4-8-15)13-20-23(29)19-11-16-9-5-6-10-17(16)12-22(19)32-26(20)30/h2-14H,1H3/b20-13-. The Kier molecular flexibility index (Phi) is 3.89. The van der Waals surface area contributed by atoms with E-state index in [2.05, 4.69) is 4.98 Å². The van der Waals surface area contributed by atoms with Gasteiger partial charge in [-0.3, -0.25) is 4.79 Å². The van der Waals surface area contributed by atoms with Gasteiger partial charge in [0.05, 0.1) is 5.56 Å². The van der Waals surface area contributed by atoms with E-state index in [1.54, 1.807) is 18.2 Å². The first-order valence-electron chi connectivity index (χ1n) is 10.1. The van der Waals surface area contributed by atoms with Gasteiger partial charge in [0, 0.05) is 18.7 Å². The van der Waals surface area contributed by atoms with Crippen molar-refractivity contribution in [1.82, 2.24) is 9.55 Å². The molecule has 0 atom stereocenters. The number of furan rings is 1. The van der Waals surface area contributed by atoms with Crippen molar-refractivity contribution in [1.29, 1.82) is 0 Å². The number of rotatable bonds is 2. The molecule has 1 aliphatic heterocycles. The highest BCUT2D eigenvalue weighted by atomic mass is 16.5. The number of carbonyl (C=O) groups excluding carboxylic acids is 2. The van der Waals surface area contributed by atoms with Crippen LogP contribution >= 0.6 is 0 Å². The van der Waals surface area contributed by atoms with Gasteiger partial charge < -0.3 is 13.7 Å². The number of carbonyl (C=O) groups is 2. The first-order valence-corrected chi connectivity index (χ1v) is 10.1. The Balaban J connectivity index is 1.41. The largest absolute Gasteiger partial charge is 0.437 e. The molecule has 32 heavy (non-hydrogen) atoms. The van der Waals surface area contributed by atoms with Gasteiger partial charge >= 0.3 is 5.97 Å². The minimum absolute atomic E-state index is 0.0740. The third kappa shape index (κ3) is 2.77. The molecule has 0 N–H and O–H groups in total. The van der Waals surface area contributed by atoms with Crippen LogP contribution in [0.25, 0.3) is 39.5 Å². The van der Waals surface area contributed by atoms with Crippen LogP contribution in [0, 0.1) is 0 Å². The zero-order valence-corrected chi connectivity index (χ0v) is 17.0. The Bertz CT molecular complexity index is 1590.